The monoisotopic (exact) mass is 347 g/mol. The van der Waals surface area contributed by atoms with Gasteiger partial charge in [0.2, 0.25) is 0 Å². The van der Waals surface area contributed by atoms with Gasteiger partial charge in [0.25, 0.3) is 0 Å². The smallest absolute Gasteiger partial charge is 0.336 e. The molecule has 0 aromatic heterocycles. The molecule has 8 heteroatoms. The Hall–Kier alpha value is -2.84. The molecule has 0 bridgehead atoms. The largest absolute Gasteiger partial charge is 0.733 e. The summed E-state index contributed by atoms with van der Waals surface area (Å²) >= 11 is 0. The van der Waals surface area contributed by atoms with Gasteiger partial charge >= 0.3 is 11.9 Å². The summed E-state index contributed by atoms with van der Waals surface area (Å²) in [4.78, 5) is 24.7. The van der Waals surface area contributed by atoms with Crippen molar-refractivity contribution >= 4 is 17.6 Å². The van der Waals surface area contributed by atoms with Crippen LogP contribution in [0.25, 0.3) is 0 Å². The van der Waals surface area contributed by atoms with Crippen LogP contribution in [-0.2, 0) is 19.1 Å². The van der Waals surface area contributed by atoms with Crippen molar-refractivity contribution in [3.05, 3.63) is 57.6 Å². The van der Waals surface area contributed by atoms with Crippen LogP contribution in [0.3, 0.4) is 0 Å². The zero-order chi connectivity index (χ0) is 18.7. The molecule has 0 fully saturated rings. The van der Waals surface area contributed by atoms with Crippen molar-refractivity contribution in [1.82, 2.24) is 5.32 Å². The molecular formula is C17H19N2O6-. The van der Waals surface area contributed by atoms with Crippen molar-refractivity contribution in [3.63, 3.8) is 0 Å². The first kappa shape index (κ1) is 18.5. The van der Waals surface area contributed by atoms with E-state index in [1.807, 2.05) is 0 Å². The van der Waals surface area contributed by atoms with Crippen LogP contribution in [0.4, 0.5) is 5.69 Å². The van der Waals surface area contributed by atoms with Crippen molar-refractivity contribution in [2.45, 2.75) is 19.8 Å². The fourth-order valence-electron chi connectivity index (χ4n) is 2.91. The van der Waals surface area contributed by atoms with Gasteiger partial charge in [-0.1, -0.05) is 12.1 Å². The minimum atomic E-state index is -0.805. The molecule has 0 radical (unpaired) electrons. The first-order valence-corrected chi connectivity index (χ1v) is 7.43. The summed E-state index contributed by atoms with van der Waals surface area (Å²) < 4.78 is 9.71. The molecule has 0 aliphatic carbocycles. The minimum Gasteiger partial charge on any atom is -0.733 e. The molecule has 2 rings (SSSR count). The molecule has 0 saturated heterocycles. The number of ether oxygens (including phenoxy) is 2. The van der Waals surface area contributed by atoms with Crippen molar-refractivity contribution in [3.8, 4) is 0 Å². The van der Waals surface area contributed by atoms with Crippen molar-refractivity contribution < 1.29 is 24.3 Å². The minimum absolute atomic E-state index is 0.0280. The summed E-state index contributed by atoms with van der Waals surface area (Å²) in [6, 6.07) is 5.99. The second-order valence-corrected chi connectivity index (χ2v) is 5.49. The Morgan fingerprint density at radius 3 is 2.08 bits per heavy atom. The summed E-state index contributed by atoms with van der Waals surface area (Å²) in [6.07, 6.45) is 0. The van der Waals surface area contributed by atoms with E-state index in [9.17, 15) is 14.8 Å². The number of allylic oxidation sites excluding steroid dienone is 2. The Morgan fingerprint density at radius 2 is 1.64 bits per heavy atom. The summed E-state index contributed by atoms with van der Waals surface area (Å²) in [5.41, 5.74) is 1.93. The zero-order valence-corrected chi connectivity index (χ0v) is 14.3. The molecule has 1 aliphatic heterocycles. The van der Waals surface area contributed by atoms with Crippen LogP contribution in [-0.4, -0.2) is 31.4 Å². The third-order valence-electron chi connectivity index (χ3n) is 4.00. The van der Waals surface area contributed by atoms with Crippen LogP contribution in [0.5, 0.6) is 0 Å². The Balaban J connectivity index is 2.70. The second-order valence-electron chi connectivity index (χ2n) is 5.49. The molecule has 1 aromatic rings. The molecule has 0 atom stereocenters. The number of benzene rings is 1. The number of methoxy groups -OCH3 is 2. The summed E-state index contributed by atoms with van der Waals surface area (Å²) in [6.45, 7) is 3.37. The van der Waals surface area contributed by atoms with Gasteiger partial charge in [0.05, 0.1) is 37.0 Å². The summed E-state index contributed by atoms with van der Waals surface area (Å²) in [5.74, 6) is -2.03. The Bertz CT molecular complexity index is 728. The highest BCUT2D eigenvalue weighted by molar-refractivity contribution is 5.99. The van der Waals surface area contributed by atoms with E-state index in [0.717, 1.165) is 0 Å². The van der Waals surface area contributed by atoms with E-state index in [1.54, 1.807) is 26.0 Å². The van der Waals surface area contributed by atoms with Crippen molar-refractivity contribution in [1.29, 1.82) is 0 Å². The molecule has 0 saturated carbocycles. The van der Waals surface area contributed by atoms with E-state index in [2.05, 4.69) is 5.32 Å². The topological polar surface area (TPSA) is 111 Å². The molecule has 1 aromatic carbocycles. The van der Waals surface area contributed by atoms with E-state index in [-0.39, 0.29) is 22.1 Å². The predicted octanol–water partition coefficient (Wildman–Crippen LogP) is 1.96. The Labute approximate surface area is 144 Å². The van der Waals surface area contributed by atoms with Crippen LogP contribution in [0.15, 0.2) is 46.8 Å². The number of carbonyl (C=O) groups is 2. The quantitative estimate of drug-likeness (QED) is 0.628. The number of esters is 2. The predicted molar refractivity (Wildman–Crippen MR) is 89.4 cm³/mol. The number of nitrogens with zero attached hydrogens (tertiary/aromatic N) is 1. The van der Waals surface area contributed by atoms with Crippen molar-refractivity contribution in [2.75, 3.05) is 19.4 Å². The standard InChI is InChI=1S/C17H19N2O6/c1-9-13(16(20)24-3)15(14(10(2)18-9)17(21)25-4)11-6-5-7-12(8-11)19(22)23/h5-8,15,18,22H,1-4H3/q-1. The highest BCUT2D eigenvalue weighted by atomic mass is 16.8. The van der Waals surface area contributed by atoms with E-state index in [4.69, 9.17) is 14.7 Å². The van der Waals surface area contributed by atoms with E-state index >= 15 is 0 Å². The lowest BCUT2D eigenvalue weighted by Gasteiger charge is -2.31. The maximum absolute atomic E-state index is 12.3. The first-order chi connectivity index (χ1) is 11.8. The average molecular weight is 347 g/mol. The lowest BCUT2D eigenvalue weighted by molar-refractivity contribution is -0.137. The molecule has 0 amide bonds. The maximum Gasteiger partial charge on any atom is 0.336 e. The van der Waals surface area contributed by atoms with Crippen LogP contribution in [0, 0.1) is 5.21 Å². The highest BCUT2D eigenvalue weighted by Crippen LogP contribution is 2.39. The van der Waals surface area contributed by atoms with Crippen LogP contribution in [0.2, 0.25) is 0 Å². The summed E-state index contributed by atoms with van der Waals surface area (Å²) in [7, 11) is 2.48. The van der Waals surface area contributed by atoms with Gasteiger partial charge in [-0.25, -0.2) is 9.59 Å². The van der Waals surface area contributed by atoms with Gasteiger partial charge in [-0.2, -0.15) is 0 Å². The average Bonchev–Trinajstić information content (AvgIpc) is 2.59. The fourth-order valence-corrected chi connectivity index (χ4v) is 2.91. The van der Waals surface area contributed by atoms with Crippen LogP contribution < -0.4 is 10.5 Å². The molecule has 0 spiro atoms. The lowest BCUT2D eigenvalue weighted by Crippen LogP contribution is -2.32. The number of dihydropyridines is 1. The zero-order valence-electron chi connectivity index (χ0n) is 14.3. The molecule has 8 nitrogen and oxygen atoms in total. The lowest BCUT2D eigenvalue weighted by atomic mass is 9.80. The van der Waals surface area contributed by atoms with Gasteiger partial charge < -0.3 is 25.2 Å². The Kier molecular flexibility index (Phi) is 5.45. The summed E-state index contributed by atoms with van der Waals surface area (Å²) in [5, 5.41) is 23.1. The number of nitrogens with one attached hydrogen (secondary N) is 1. The molecule has 134 valence electrons. The van der Waals surface area contributed by atoms with Gasteiger partial charge in [0, 0.05) is 11.4 Å². The van der Waals surface area contributed by atoms with Gasteiger partial charge in [-0.3, -0.25) is 5.21 Å². The van der Waals surface area contributed by atoms with E-state index in [1.165, 1.54) is 26.4 Å². The Morgan fingerprint density at radius 1 is 1.12 bits per heavy atom. The number of carbonyl (C=O) groups excluding carboxylic acids is 2. The number of anilines is 1. The first-order valence-electron chi connectivity index (χ1n) is 7.43. The highest BCUT2D eigenvalue weighted by Gasteiger charge is 2.37. The normalized spacial score (nSPS) is 15.0. The number of hydrogen-bond donors (Lipinski definition) is 2. The second kappa shape index (κ2) is 7.37. The van der Waals surface area contributed by atoms with Gasteiger partial charge in [-0.05, 0) is 31.5 Å². The van der Waals surface area contributed by atoms with Crippen LogP contribution in [0.1, 0.15) is 25.3 Å². The number of rotatable bonds is 4. The van der Waals surface area contributed by atoms with Gasteiger partial charge in [0.15, 0.2) is 0 Å². The molecule has 1 aliphatic rings. The molecule has 1 heterocycles. The van der Waals surface area contributed by atoms with E-state index in [0.29, 0.717) is 17.0 Å². The maximum atomic E-state index is 12.3. The SMILES string of the molecule is COC(=O)C1=C(C)NC(C)=C(C(=O)OC)C1c1cccc(N([O-])O)c1. The van der Waals surface area contributed by atoms with Crippen LogP contribution >= 0.6 is 0 Å². The van der Waals surface area contributed by atoms with E-state index < -0.39 is 17.9 Å². The fraction of sp³-hybridized carbons (Fsp3) is 0.294. The third-order valence-corrected chi connectivity index (χ3v) is 4.00. The number of hydrogen-bond acceptors (Lipinski definition) is 8. The molecule has 0 unspecified atom stereocenters. The molecule has 2 N–H and O–H groups in total. The van der Waals surface area contributed by atoms with Crippen molar-refractivity contribution in [2.24, 2.45) is 0 Å². The van der Waals surface area contributed by atoms with Gasteiger partial charge in [-0.15, -0.1) is 0 Å². The third kappa shape index (κ3) is 3.49. The van der Waals surface area contributed by atoms with Gasteiger partial charge in [0.1, 0.15) is 0 Å². The molecular weight excluding hydrogens is 328 g/mol. The molecule has 25 heavy (non-hydrogen) atoms.